The largest absolute Gasteiger partial charge is 0.496 e. The zero-order valence-corrected chi connectivity index (χ0v) is 22.4. The Bertz CT molecular complexity index is 1520. The molecule has 2 aliphatic rings. The molecule has 8 heteroatoms. The van der Waals surface area contributed by atoms with Gasteiger partial charge in [-0.3, -0.25) is 4.79 Å². The third-order valence-electron chi connectivity index (χ3n) is 7.10. The molecule has 39 heavy (non-hydrogen) atoms. The molecule has 0 spiro atoms. The van der Waals surface area contributed by atoms with Gasteiger partial charge in [0.05, 0.1) is 30.2 Å². The zero-order valence-electron chi connectivity index (χ0n) is 21.6. The molecule has 2 atom stereocenters. The first-order valence-corrected chi connectivity index (χ1v) is 14.0. The van der Waals surface area contributed by atoms with Gasteiger partial charge in [-0.2, -0.15) is 5.10 Å². The van der Waals surface area contributed by atoms with Crippen LogP contribution in [-0.4, -0.2) is 39.7 Å². The Labute approximate surface area is 231 Å². The molecule has 0 radical (unpaired) electrons. The van der Waals surface area contributed by atoms with E-state index in [9.17, 15) is 4.79 Å². The van der Waals surface area contributed by atoms with Gasteiger partial charge in [-0.15, -0.1) is 10.2 Å². The van der Waals surface area contributed by atoms with Crippen molar-refractivity contribution in [3.05, 3.63) is 102 Å². The fourth-order valence-electron chi connectivity index (χ4n) is 5.33. The van der Waals surface area contributed by atoms with Crippen LogP contribution in [0.4, 0.5) is 0 Å². The summed E-state index contributed by atoms with van der Waals surface area (Å²) >= 11 is 1.22. The normalized spacial score (nSPS) is 19.6. The lowest BCUT2D eigenvalue weighted by Crippen LogP contribution is -2.32. The van der Waals surface area contributed by atoms with Crippen molar-refractivity contribution in [3.63, 3.8) is 0 Å². The van der Waals surface area contributed by atoms with E-state index < -0.39 is 0 Å². The first-order chi connectivity index (χ1) is 19.2. The number of allylic oxidation sites excluding steroid dienone is 1. The maximum Gasteiger partial charge on any atom is 0.277 e. The van der Waals surface area contributed by atoms with E-state index in [2.05, 4.69) is 40.5 Å². The Hall–Kier alpha value is -4.17. The molecular weight excluding hydrogens is 508 g/mol. The summed E-state index contributed by atoms with van der Waals surface area (Å²) in [7, 11) is 1.60. The van der Waals surface area contributed by atoms with E-state index in [0.717, 1.165) is 36.1 Å². The van der Waals surface area contributed by atoms with Gasteiger partial charge in [0.15, 0.2) is 0 Å². The second-order valence-electron chi connectivity index (χ2n) is 9.52. The quantitative estimate of drug-likeness (QED) is 0.246. The van der Waals surface area contributed by atoms with E-state index in [0.29, 0.717) is 22.4 Å². The van der Waals surface area contributed by atoms with Crippen molar-refractivity contribution in [2.24, 2.45) is 11.0 Å². The summed E-state index contributed by atoms with van der Waals surface area (Å²) < 4.78 is 11.3. The lowest BCUT2D eigenvalue weighted by atomic mass is 9.77. The predicted octanol–water partition coefficient (Wildman–Crippen LogP) is 6.66. The van der Waals surface area contributed by atoms with Crippen LogP contribution in [0.25, 0.3) is 17.5 Å². The Balaban J connectivity index is 1.25. The molecule has 1 aromatic heterocycles. The van der Waals surface area contributed by atoms with E-state index in [-0.39, 0.29) is 23.6 Å². The van der Waals surface area contributed by atoms with Crippen LogP contribution in [-0.2, 0) is 4.79 Å². The van der Waals surface area contributed by atoms with Gasteiger partial charge in [0, 0.05) is 5.92 Å². The van der Waals surface area contributed by atoms with E-state index >= 15 is 0 Å². The van der Waals surface area contributed by atoms with Crippen molar-refractivity contribution in [2.75, 3.05) is 12.9 Å². The Morgan fingerprint density at radius 1 is 1.03 bits per heavy atom. The Morgan fingerprint density at radius 3 is 2.56 bits per heavy atom. The molecule has 0 bridgehead atoms. The van der Waals surface area contributed by atoms with Crippen LogP contribution in [0, 0.1) is 5.92 Å². The number of hydrogen-bond acceptors (Lipinski definition) is 7. The molecule has 1 aliphatic carbocycles. The summed E-state index contributed by atoms with van der Waals surface area (Å²) in [5, 5.41) is 15.3. The number of thioether (sulfide) groups is 1. The van der Waals surface area contributed by atoms with Gasteiger partial charge in [0.2, 0.25) is 0 Å². The minimum atomic E-state index is -0.138. The maximum atomic E-state index is 13.7. The second-order valence-corrected chi connectivity index (χ2v) is 10.4. The van der Waals surface area contributed by atoms with Crippen LogP contribution in [0.1, 0.15) is 36.4 Å². The van der Waals surface area contributed by atoms with Gasteiger partial charge >= 0.3 is 0 Å². The van der Waals surface area contributed by atoms with Crippen LogP contribution in [0.3, 0.4) is 0 Å². The smallest absolute Gasteiger partial charge is 0.277 e. The number of hydrazone groups is 1. The zero-order chi connectivity index (χ0) is 26.6. The number of methoxy groups -OCH3 is 1. The van der Waals surface area contributed by atoms with E-state index in [1.165, 1.54) is 17.3 Å². The summed E-state index contributed by atoms with van der Waals surface area (Å²) in [5.74, 6) is 1.21. The second kappa shape index (κ2) is 11.3. The number of benzene rings is 3. The maximum absolute atomic E-state index is 13.7. The molecule has 4 aromatic rings. The molecular formula is C31H28N4O3S. The number of nitrogens with zero attached hydrogens (tertiary/aromatic N) is 4. The number of para-hydroxylation sites is 1. The van der Waals surface area contributed by atoms with Crippen LogP contribution >= 0.6 is 11.8 Å². The topological polar surface area (TPSA) is 80.8 Å². The summed E-state index contributed by atoms with van der Waals surface area (Å²) in [6.07, 6.45) is 5.23. The summed E-state index contributed by atoms with van der Waals surface area (Å²) in [6.45, 7) is 0. The van der Waals surface area contributed by atoms with Crippen molar-refractivity contribution in [1.29, 1.82) is 0 Å². The van der Waals surface area contributed by atoms with Gasteiger partial charge in [0.25, 0.3) is 17.0 Å². The molecule has 0 N–H and O–H groups in total. The van der Waals surface area contributed by atoms with Gasteiger partial charge in [0.1, 0.15) is 5.75 Å². The lowest BCUT2D eigenvalue weighted by Gasteiger charge is -2.29. The first-order valence-electron chi connectivity index (χ1n) is 13.0. The molecule has 0 saturated heterocycles. The van der Waals surface area contributed by atoms with Crippen molar-refractivity contribution < 1.29 is 13.9 Å². The number of carbonyl (C=O) groups is 1. The number of amides is 1. The average Bonchev–Trinajstić information content (AvgIpc) is 3.63. The molecule has 0 unspecified atom stereocenters. The molecule has 3 aromatic carbocycles. The SMILES string of the molecule is COc1ccccc1-c1nnc(SCC(=O)N2N=C3/C(=C/c4ccccc4)CCC[C@@H]3[C@H]2c2ccccc2)o1. The van der Waals surface area contributed by atoms with Crippen molar-refractivity contribution in [3.8, 4) is 17.2 Å². The highest BCUT2D eigenvalue weighted by molar-refractivity contribution is 7.99. The van der Waals surface area contributed by atoms with Crippen molar-refractivity contribution >= 4 is 29.5 Å². The van der Waals surface area contributed by atoms with Crippen LogP contribution in [0.15, 0.2) is 105 Å². The number of carbonyl (C=O) groups excluding carboxylic acids is 1. The van der Waals surface area contributed by atoms with E-state index in [1.54, 1.807) is 12.1 Å². The van der Waals surface area contributed by atoms with Gasteiger partial charge in [-0.25, -0.2) is 5.01 Å². The van der Waals surface area contributed by atoms with Crippen LogP contribution in [0.2, 0.25) is 0 Å². The first kappa shape index (κ1) is 25.1. The van der Waals surface area contributed by atoms with Crippen LogP contribution < -0.4 is 4.74 Å². The van der Waals surface area contributed by atoms with Crippen molar-refractivity contribution in [2.45, 2.75) is 30.5 Å². The minimum Gasteiger partial charge on any atom is -0.496 e. The minimum absolute atomic E-state index is 0.0909. The highest BCUT2D eigenvalue weighted by Gasteiger charge is 2.43. The molecule has 7 nitrogen and oxygen atoms in total. The van der Waals surface area contributed by atoms with Crippen LogP contribution in [0.5, 0.6) is 5.75 Å². The molecule has 1 aliphatic heterocycles. The van der Waals surface area contributed by atoms with E-state index in [4.69, 9.17) is 14.3 Å². The predicted molar refractivity (Wildman–Crippen MR) is 152 cm³/mol. The fraction of sp³-hybridized carbons (Fsp3) is 0.226. The number of rotatable bonds is 7. The number of hydrogen-bond donors (Lipinski definition) is 0. The summed E-state index contributed by atoms with van der Waals surface area (Å²) in [6, 6.07) is 27.8. The lowest BCUT2D eigenvalue weighted by molar-refractivity contribution is -0.130. The molecule has 2 heterocycles. The van der Waals surface area contributed by atoms with Crippen molar-refractivity contribution in [1.82, 2.24) is 15.2 Å². The Morgan fingerprint density at radius 2 is 1.77 bits per heavy atom. The standard InChI is InChI=1S/C31H28N4O3S/c1-37-26-18-9-8-16-24(26)30-32-33-31(38-30)39-20-27(36)35-29(22-13-6-3-7-14-22)25-17-10-15-23(28(25)34-35)19-21-11-4-2-5-12-21/h2-9,11-14,16,18-19,25,29H,10,15,17,20H2,1H3/b23-19+/t25-,29+/m0/s1. The molecule has 1 saturated carbocycles. The fourth-order valence-corrected chi connectivity index (χ4v) is 5.94. The van der Waals surface area contributed by atoms with Gasteiger partial charge in [-0.05, 0) is 54.2 Å². The highest BCUT2D eigenvalue weighted by atomic mass is 32.2. The van der Waals surface area contributed by atoms with Gasteiger partial charge < -0.3 is 9.15 Å². The summed E-state index contributed by atoms with van der Waals surface area (Å²) in [4.78, 5) is 13.7. The average molecular weight is 537 g/mol. The molecule has 1 amide bonds. The monoisotopic (exact) mass is 536 g/mol. The molecule has 6 rings (SSSR count). The number of fused-ring (bicyclic) bond motifs is 1. The highest BCUT2D eigenvalue weighted by Crippen LogP contribution is 2.44. The Kier molecular flexibility index (Phi) is 7.27. The van der Waals surface area contributed by atoms with Gasteiger partial charge in [-0.1, -0.05) is 84.6 Å². The third kappa shape index (κ3) is 5.25. The molecule has 196 valence electrons. The number of ether oxygens (including phenoxy) is 1. The molecule has 1 fully saturated rings. The third-order valence-corrected chi connectivity index (χ3v) is 7.90. The number of aromatic nitrogens is 2. The summed E-state index contributed by atoms with van der Waals surface area (Å²) in [5.41, 5.74) is 5.18. The van der Waals surface area contributed by atoms with E-state index in [1.807, 2.05) is 60.7 Å².